The van der Waals surface area contributed by atoms with Crippen molar-refractivity contribution >= 4 is 22.4 Å². The minimum absolute atomic E-state index is 0.715. The van der Waals surface area contributed by atoms with Crippen LogP contribution in [0.2, 0.25) is 0 Å². The van der Waals surface area contributed by atoms with E-state index >= 15 is 0 Å². The van der Waals surface area contributed by atoms with E-state index in [1.54, 1.807) is 32.0 Å². The number of thiazole rings is 1. The van der Waals surface area contributed by atoms with Crippen LogP contribution >= 0.6 is 11.3 Å². The van der Waals surface area contributed by atoms with Crippen molar-refractivity contribution in [3.8, 4) is 0 Å². The van der Waals surface area contributed by atoms with Gasteiger partial charge in [0.1, 0.15) is 5.54 Å². The van der Waals surface area contributed by atoms with Crippen molar-refractivity contribution in [2.75, 3.05) is 11.9 Å². The van der Waals surface area contributed by atoms with Crippen LogP contribution in [0.25, 0.3) is 0 Å². The molecule has 0 saturated carbocycles. The van der Waals surface area contributed by atoms with Crippen molar-refractivity contribution < 1.29 is 9.90 Å². The molecule has 0 amide bonds. The zero-order valence-corrected chi connectivity index (χ0v) is 8.63. The molecule has 0 bridgehead atoms. The summed E-state index contributed by atoms with van der Waals surface area (Å²) < 4.78 is 0. The molecule has 0 atom stereocenters. The quantitative estimate of drug-likeness (QED) is 0.802. The Morgan fingerprint density at radius 2 is 2.31 bits per heavy atom. The first-order valence-electron chi connectivity index (χ1n) is 3.83. The molecule has 0 fully saturated rings. The van der Waals surface area contributed by atoms with E-state index in [0.717, 1.165) is 0 Å². The molecule has 0 aromatic carbocycles. The second kappa shape index (κ2) is 3.33. The first kappa shape index (κ1) is 9.98. The number of rotatable bonds is 3. The van der Waals surface area contributed by atoms with Gasteiger partial charge in [-0.2, -0.15) is 0 Å². The minimum Gasteiger partial charge on any atom is -0.480 e. The van der Waals surface area contributed by atoms with Gasteiger partial charge in [0.25, 0.3) is 0 Å². The van der Waals surface area contributed by atoms with E-state index in [1.807, 2.05) is 5.38 Å². The molecule has 0 aliphatic carbocycles. The number of carboxylic acids is 1. The van der Waals surface area contributed by atoms with Crippen LogP contribution in [0.5, 0.6) is 0 Å². The predicted molar refractivity (Wildman–Crippen MR) is 52.2 cm³/mol. The molecule has 1 heterocycles. The van der Waals surface area contributed by atoms with Crippen molar-refractivity contribution in [1.29, 1.82) is 0 Å². The Morgan fingerprint density at radius 3 is 2.69 bits per heavy atom. The highest BCUT2D eigenvalue weighted by Crippen LogP contribution is 2.23. The maximum absolute atomic E-state index is 10.9. The number of carbonyl (C=O) groups is 1. The van der Waals surface area contributed by atoms with E-state index in [9.17, 15) is 4.79 Å². The first-order chi connectivity index (χ1) is 5.96. The van der Waals surface area contributed by atoms with Crippen molar-refractivity contribution in [1.82, 2.24) is 4.98 Å². The monoisotopic (exact) mass is 200 g/mol. The van der Waals surface area contributed by atoms with Crippen LogP contribution in [-0.2, 0) is 4.79 Å². The van der Waals surface area contributed by atoms with Gasteiger partial charge in [0.15, 0.2) is 5.13 Å². The van der Waals surface area contributed by atoms with E-state index in [-0.39, 0.29) is 0 Å². The first-order valence-corrected chi connectivity index (χ1v) is 4.71. The summed E-state index contributed by atoms with van der Waals surface area (Å²) in [6.07, 6.45) is 1.66. The second-order valence-corrected chi connectivity index (χ2v) is 4.11. The molecular weight excluding hydrogens is 188 g/mol. The molecule has 0 aliphatic heterocycles. The van der Waals surface area contributed by atoms with Gasteiger partial charge in [-0.05, 0) is 13.8 Å². The van der Waals surface area contributed by atoms with Crippen molar-refractivity contribution in [2.45, 2.75) is 19.4 Å². The number of likely N-dealkylation sites (N-methyl/N-ethyl adjacent to an activating group) is 1. The zero-order valence-electron chi connectivity index (χ0n) is 7.81. The van der Waals surface area contributed by atoms with Gasteiger partial charge in [0.05, 0.1) is 0 Å². The lowest BCUT2D eigenvalue weighted by Crippen LogP contribution is -2.48. The summed E-state index contributed by atoms with van der Waals surface area (Å²) in [4.78, 5) is 16.6. The van der Waals surface area contributed by atoms with Gasteiger partial charge in [-0.3, -0.25) is 0 Å². The number of aromatic nitrogens is 1. The minimum atomic E-state index is -0.919. The number of anilines is 1. The largest absolute Gasteiger partial charge is 0.480 e. The summed E-state index contributed by atoms with van der Waals surface area (Å²) in [5.74, 6) is -0.856. The molecule has 5 heteroatoms. The van der Waals surface area contributed by atoms with Gasteiger partial charge in [-0.25, -0.2) is 9.78 Å². The lowest BCUT2D eigenvalue weighted by Gasteiger charge is -2.30. The lowest BCUT2D eigenvalue weighted by atomic mass is 10.1. The predicted octanol–water partition coefficient (Wildman–Crippen LogP) is 1.44. The molecular formula is C8H12N2O2S. The Morgan fingerprint density at radius 1 is 1.69 bits per heavy atom. The maximum atomic E-state index is 10.9. The fraction of sp³-hybridized carbons (Fsp3) is 0.500. The Labute approximate surface area is 80.8 Å². The third kappa shape index (κ3) is 1.80. The molecule has 1 N–H and O–H groups in total. The van der Waals surface area contributed by atoms with E-state index in [2.05, 4.69) is 4.98 Å². The maximum Gasteiger partial charge on any atom is 0.329 e. The lowest BCUT2D eigenvalue weighted by molar-refractivity contribution is -0.142. The highest BCUT2D eigenvalue weighted by atomic mass is 32.1. The molecule has 1 aromatic heterocycles. The number of nitrogens with zero attached hydrogens (tertiary/aromatic N) is 2. The standard InChI is InChI=1S/C8H12N2O2S/c1-8(2,6(11)12)10(3)7-9-4-5-13-7/h4-5H,1-3H3,(H,11,12). The molecule has 4 nitrogen and oxygen atoms in total. The van der Waals surface area contributed by atoms with Crippen LogP contribution in [0.15, 0.2) is 11.6 Å². The zero-order chi connectivity index (χ0) is 10.1. The van der Waals surface area contributed by atoms with E-state index in [1.165, 1.54) is 11.3 Å². The molecule has 0 unspecified atom stereocenters. The van der Waals surface area contributed by atoms with Crippen molar-refractivity contribution in [2.24, 2.45) is 0 Å². The number of aliphatic carboxylic acids is 1. The average Bonchev–Trinajstić information content (AvgIpc) is 2.54. The Kier molecular flexibility index (Phi) is 2.56. The molecule has 1 aromatic rings. The average molecular weight is 200 g/mol. The molecule has 0 radical (unpaired) electrons. The summed E-state index contributed by atoms with van der Waals surface area (Å²) in [6, 6.07) is 0. The Bertz CT molecular complexity index is 295. The van der Waals surface area contributed by atoms with Gasteiger partial charge >= 0.3 is 5.97 Å². The summed E-state index contributed by atoms with van der Waals surface area (Å²) in [7, 11) is 1.73. The fourth-order valence-electron chi connectivity index (χ4n) is 0.764. The number of hydrogen-bond donors (Lipinski definition) is 1. The van der Waals surface area contributed by atoms with Crippen molar-refractivity contribution in [3.63, 3.8) is 0 Å². The molecule has 0 saturated heterocycles. The van der Waals surface area contributed by atoms with Gasteiger partial charge in [-0.15, -0.1) is 11.3 Å². The Balaban J connectivity index is 2.90. The summed E-state index contributed by atoms with van der Waals surface area (Å²) in [5, 5.41) is 11.5. The van der Waals surface area contributed by atoms with Crippen molar-refractivity contribution in [3.05, 3.63) is 11.6 Å². The van der Waals surface area contributed by atoms with Gasteiger partial charge in [-0.1, -0.05) is 0 Å². The number of hydrogen-bond acceptors (Lipinski definition) is 4. The normalized spacial score (nSPS) is 11.3. The number of carboxylic acid groups (broad SMARTS) is 1. The van der Waals surface area contributed by atoms with E-state index in [0.29, 0.717) is 5.13 Å². The highest BCUT2D eigenvalue weighted by Gasteiger charge is 2.33. The van der Waals surface area contributed by atoms with Crippen LogP contribution in [-0.4, -0.2) is 28.6 Å². The van der Waals surface area contributed by atoms with E-state index in [4.69, 9.17) is 5.11 Å². The van der Waals surface area contributed by atoms with Crippen LogP contribution in [0.3, 0.4) is 0 Å². The summed E-state index contributed by atoms with van der Waals surface area (Å²) in [6.45, 7) is 3.30. The van der Waals surface area contributed by atoms with Crippen LogP contribution in [0, 0.1) is 0 Å². The molecule has 72 valence electrons. The van der Waals surface area contributed by atoms with Crippen LogP contribution < -0.4 is 4.90 Å². The smallest absolute Gasteiger partial charge is 0.329 e. The topological polar surface area (TPSA) is 53.4 Å². The molecule has 0 spiro atoms. The summed E-state index contributed by atoms with van der Waals surface area (Å²) >= 11 is 1.43. The summed E-state index contributed by atoms with van der Waals surface area (Å²) in [5.41, 5.74) is -0.919. The van der Waals surface area contributed by atoms with Gasteiger partial charge in [0, 0.05) is 18.6 Å². The third-order valence-electron chi connectivity index (χ3n) is 2.07. The molecule has 13 heavy (non-hydrogen) atoms. The van der Waals surface area contributed by atoms with Crippen LogP contribution in [0.4, 0.5) is 5.13 Å². The Hall–Kier alpha value is -1.10. The van der Waals surface area contributed by atoms with E-state index < -0.39 is 11.5 Å². The third-order valence-corrected chi connectivity index (χ3v) is 2.92. The van der Waals surface area contributed by atoms with Crippen LogP contribution in [0.1, 0.15) is 13.8 Å². The van der Waals surface area contributed by atoms with Gasteiger partial charge in [0.2, 0.25) is 0 Å². The molecule has 0 aliphatic rings. The van der Waals surface area contributed by atoms with Gasteiger partial charge < -0.3 is 10.0 Å². The fourth-order valence-corrected chi connectivity index (χ4v) is 1.52. The SMILES string of the molecule is CN(c1nccs1)C(C)(C)C(=O)O. The highest BCUT2D eigenvalue weighted by molar-refractivity contribution is 7.13. The molecule has 1 rings (SSSR count). The second-order valence-electron chi connectivity index (χ2n) is 3.24.